The standard InChI is InChI=1S/C76H148O17P2/c1-7-10-12-14-15-16-17-18-19-20-21-22-23-24-25-28-32-35-38-41-48-54-60-75(80)92-72(65-87-74(79)59-53-47-40-37-34-31-29-26-27-30-33-36-39-45-50-56-68(4)5)67-91-95(84,85)89-63-70(77)62-88-94(82,83)90-66-71(64-86-73(78)58-52-44-13-11-8-2)93-76(81)61-55-49-43-42-46-51-57-69(6)9-3/h68-72,77H,7-67H2,1-6H3,(H,82,83)(H,84,85)/t69?,70-,71+,72+/m0/s1. The molecule has 564 valence electrons. The Hall–Kier alpha value is -1.94. The first kappa shape index (κ1) is 93.1. The molecule has 0 aliphatic carbocycles. The molecule has 0 aliphatic heterocycles. The first-order valence-electron chi connectivity index (χ1n) is 39.5. The average Bonchev–Trinajstić information content (AvgIpc) is 1.64. The highest BCUT2D eigenvalue weighted by atomic mass is 31.2. The molecule has 0 aliphatic rings. The second kappa shape index (κ2) is 67.9. The molecule has 6 atom stereocenters. The summed E-state index contributed by atoms with van der Waals surface area (Å²) in [5.41, 5.74) is 0. The Bertz CT molecular complexity index is 1840. The fraction of sp³-hybridized carbons (Fsp3) is 0.947. The summed E-state index contributed by atoms with van der Waals surface area (Å²) < 4.78 is 68.2. The Kier molecular flexibility index (Phi) is 66.5. The third-order valence-corrected chi connectivity index (χ3v) is 20.0. The van der Waals surface area contributed by atoms with E-state index >= 15 is 0 Å². The van der Waals surface area contributed by atoms with Crippen LogP contribution in [0.2, 0.25) is 0 Å². The maximum absolute atomic E-state index is 13.1. The second-order valence-electron chi connectivity index (χ2n) is 28.1. The molecule has 17 nitrogen and oxygen atoms in total. The lowest BCUT2D eigenvalue weighted by molar-refractivity contribution is -0.161. The molecule has 0 aromatic heterocycles. The third-order valence-electron chi connectivity index (χ3n) is 18.1. The van der Waals surface area contributed by atoms with E-state index in [0.29, 0.717) is 25.7 Å². The number of phosphoric ester groups is 2. The Labute approximate surface area is 581 Å². The van der Waals surface area contributed by atoms with E-state index in [9.17, 15) is 43.2 Å². The highest BCUT2D eigenvalue weighted by molar-refractivity contribution is 7.47. The number of unbranched alkanes of at least 4 members (excludes halogenated alkanes) is 44. The van der Waals surface area contributed by atoms with Gasteiger partial charge in [-0.15, -0.1) is 0 Å². The van der Waals surface area contributed by atoms with Gasteiger partial charge in [0.15, 0.2) is 12.2 Å². The summed E-state index contributed by atoms with van der Waals surface area (Å²) >= 11 is 0. The Morgan fingerprint density at radius 1 is 0.305 bits per heavy atom. The van der Waals surface area contributed by atoms with Crippen LogP contribution in [0, 0.1) is 11.8 Å². The van der Waals surface area contributed by atoms with Crippen LogP contribution >= 0.6 is 15.6 Å². The minimum absolute atomic E-state index is 0.102. The van der Waals surface area contributed by atoms with Crippen LogP contribution in [0.15, 0.2) is 0 Å². The molecule has 19 heteroatoms. The van der Waals surface area contributed by atoms with E-state index < -0.39 is 97.5 Å². The average molecular weight is 1400 g/mol. The monoisotopic (exact) mass is 1400 g/mol. The van der Waals surface area contributed by atoms with E-state index in [1.807, 2.05) is 0 Å². The van der Waals surface area contributed by atoms with Crippen LogP contribution in [0.1, 0.15) is 395 Å². The van der Waals surface area contributed by atoms with Crippen LogP contribution in [-0.4, -0.2) is 96.7 Å². The molecule has 0 spiro atoms. The maximum atomic E-state index is 13.1. The van der Waals surface area contributed by atoms with E-state index in [2.05, 4.69) is 41.5 Å². The van der Waals surface area contributed by atoms with Crippen molar-refractivity contribution >= 4 is 39.5 Å². The second-order valence-corrected chi connectivity index (χ2v) is 31.0. The molecule has 0 saturated carbocycles. The molecule has 0 amide bonds. The number of carbonyl (C=O) groups excluding carboxylic acids is 4. The summed E-state index contributed by atoms with van der Waals surface area (Å²) in [6, 6.07) is 0. The van der Waals surface area contributed by atoms with E-state index in [1.54, 1.807) is 0 Å². The zero-order chi connectivity index (χ0) is 70.0. The summed E-state index contributed by atoms with van der Waals surface area (Å²) in [6.07, 6.45) is 56.2. The lowest BCUT2D eigenvalue weighted by Gasteiger charge is -2.21. The fourth-order valence-electron chi connectivity index (χ4n) is 11.6. The van der Waals surface area contributed by atoms with Gasteiger partial charge < -0.3 is 33.8 Å². The number of esters is 4. The number of phosphoric acid groups is 2. The van der Waals surface area contributed by atoms with Gasteiger partial charge in [-0.1, -0.05) is 343 Å². The zero-order valence-electron chi connectivity index (χ0n) is 62.0. The highest BCUT2D eigenvalue weighted by Crippen LogP contribution is 2.45. The molecule has 0 fully saturated rings. The van der Waals surface area contributed by atoms with Crippen molar-refractivity contribution in [2.75, 3.05) is 39.6 Å². The predicted molar refractivity (Wildman–Crippen MR) is 386 cm³/mol. The minimum Gasteiger partial charge on any atom is -0.462 e. The Morgan fingerprint density at radius 2 is 0.537 bits per heavy atom. The molecule has 0 heterocycles. The Morgan fingerprint density at radius 3 is 0.800 bits per heavy atom. The van der Waals surface area contributed by atoms with Crippen LogP contribution in [0.25, 0.3) is 0 Å². The van der Waals surface area contributed by atoms with Crippen molar-refractivity contribution in [3.8, 4) is 0 Å². The van der Waals surface area contributed by atoms with Gasteiger partial charge in [-0.05, 0) is 37.5 Å². The summed E-state index contributed by atoms with van der Waals surface area (Å²) in [6.45, 7) is 9.47. The largest absolute Gasteiger partial charge is 0.472 e. The highest BCUT2D eigenvalue weighted by Gasteiger charge is 2.30. The predicted octanol–water partition coefficient (Wildman–Crippen LogP) is 22.3. The van der Waals surface area contributed by atoms with Gasteiger partial charge in [-0.3, -0.25) is 37.3 Å². The number of aliphatic hydroxyl groups is 1. The molecule has 95 heavy (non-hydrogen) atoms. The van der Waals surface area contributed by atoms with Crippen LogP contribution < -0.4 is 0 Å². The molecule has 0 rings (SSSR count). The van der Waals surface area contributed by atoms with E-state index in [-0.39, 0.29) is 25.7 Å². The first-order chi connectivity index (χ1) is 45.9. The van der Waals surface area contributed by atoms with Crippen molar-refractivity contribution in [3.05, 3.63) is 0 Å². The van der Waals surface area contributed by atoms with Gasteiger partial charge in [0.25, 0.3) is 0 Å². The third kappa shape index (κ3) is 69.0. The molecule has 3 unspecified atom stereocenters. The van der Waals surface area contributed by atoms with Gasteiger partial charge in [-0.2, -0.15) is 0 Å². The SMILES string of the molecule is CCCCCCCCCCCCCCCCCCCCCCCCC(=O)O[C@H](COC(=O)CCCCCCCCCCCCCCCCCC(C)C)COP(=O)(O)OC[C@@H](O)COP(=O)(O)OC[C@@H](COC(=O)CCCCCCC)OC(=O)CCCCCCCCC(C)CC. The van der Waals surface area contributed by atoms with Crippen molar-refractivity contribution in [2.45, 2.75) is 413 Å². The van der Waals surface area contributed by atoms with E-state index in [0.717, 1.165) is 108 Å². The maximum Gasteiger partial charge on any atom is 0.472 e. The van der Waals surface area contributed by atoms with Crippen LogP contribution in [0.5, 0.6) is 0 Å². The summed E-state index contributed by atoms with van der Waals surface area (Å²) in [5.74, 6) is -0.605. The number of hydrogen-bond donors (Lipinski definition) is 3. The van der Waals surface area contributed by atoms with E-state index in [1.165, 1.54) is 205 Å². The first-order valence-corrected chi connectivity index (χ1v) is 42.5. The fourth-order valence-corrected chi connectivity index (χ4v) is 13.2. The summed E-state index contributed by atoms with van der Waals surface area (Å²) in [4.78, 5) is 72.4. The quantitative estimate of drug-likeness (QED) is 0.0222. The van der Waals surface area contributed by atoms with Gasteiger partial charge in [0.05, 0.1) is 26.4 Å². The smallest absolute Gasteiger partial charge is 0.462 e. The lowest BCUT2D eigenvalue weighted by Crippen LogP contribution is -2.30. The molecule has 0 aromatic rings. The van der Waals surface area contributed by atoms with Gasteiger partial charge in [0.2, 0.25) is 0 Å². The molecular formula is C76H148O17P2. The van der Waals surface area contributed by atoms with E-state index in [4.69, 9.17) is 37.0 Å². The van der Waals surface area contributed by atoms with Gasteiger partial charge in [0.1, 0.15) is 19.3 Å². The topological polar surface area (TPSA) is 237 Å². The number of hydrogen-bond acceptors (Lipinski definition) is 15. The van der Waals surface area contributed by atoms with Crippen molar-refractivity contribution in [2.24, 2.45) is 11.8 Å². The van der Waals surface area contributed by atoms with Crippen molar-refractivity contribution in [1.82, 2.24) is 0 Å². The Balaban J connectivity index is 5.10. The van der Waals surface area contributed by atoms with Crippen molar-refractivity contribution < 1.29 is 80.2 Å². The molecule has 3 N–H and O–H groups in total. The molecule has 0 saturated heterocycles. The van der Waals surface area contributed by atoms with Gasteiger partial charge in [0, 0.05) is 25.7 Å². The summed E-state index contributed by atoms with van der Waals surface area (Å²) in [5, 5.41) is 10.6. The lowest BCUT2D eigenvalue weighted by atomic mass is 10.00. The molecule has 0 aromatic carbocycles. The number of rotatable bonds is 75. The van der Waals surface area contributed by atoms with Crippen molar-refractivity contribution in [1.29, 1.82) is 0 Å². The number of aliphatic hydroxyl groups excluding tert-OH is 1. The molecule has 0 radical (unpaired) electrons. The number of ether oxygens (including phenoxy) is 4. The van der Waals surface area contributed by atoms with Gasteiger partial charge >= 0.3 is 39.5 Å². The number of carbonyl (C=O) groups is 4. The van der Waals surface area contributed by atoms with Gasteiger partial charge in [-0.25, -0.2) is 9.13 Å². The van der Waals surface area contributed by atoms with Crippen molar-refractivity contribution in [3.63, 3.8) is 0 Å². The van der Waals surface area contributed by atoms with Crippen LogP contribution in [0.3, 0.4) is 0 Å². The molecular weight excluding hydrogens is 1250 g/mol. The normalized spacial score (nSPS) is 14.3. The van der Waals surface area contributed by atoms with Crippen LogP contribution in [-0.2, 0) is 65.4 Å². The minimum atomic E-state index is -4.96. The summed E-state index contributed by atoms with van der Waals surface area (Å²) in [7, 11) is -9.90. The molecule has 0 bridgehead atoms. The van der Waals surface area contributed by atoms with Crippen LogP contribution in [0.4, 0.5) is 0 Å². The zero-order valence-corrected chi connectivity index (χ0v) is 63.8.